The smallest absolute Gasteiger partial charge is 0.120 e. The molecule has 2 unspecified atom stereocenters. The SMILES string of the molecule is CCCNC1CCCC1Oc1ccc2ccccc2c1. The van der Waals surface area contributed by atoms with Crippen molar-refractivity contribution >= 4 is 10.8 Å². The summed E-state index contributed by atoms with van der Waals surface area (Å²) >= 11 is 0. The molecule has 0 aliphatic heterocycles. The Morgan fingerprint density at radius 2 is 1.95 bits per heavy atom. The van der Waals surface area contributed by atoms with Gasteiger partial charge in [-0.1, -0.05) is 37.3 Å². The maximum Gasteiger partial charge on any atom is 0.120 e. The van der Waals surface area contributed by atoms with Crippen LogP contribution in [0.4, 0.5) is 0 Å². The van der Waals surface area contributed by atoms with Crippen LogP contribution in [0.2, 0.25) is 0 Å². The molecule has 0 radical (unpaired) electrons. The van der Waals surface area contributed by atoms with Gasteiger partial charge >= 0.3 is 0 Å². The third-order valence-electron chi connectivity index (χ3n) is 4.12. The summed E-state index contributed by atoms with van der Waals surface area (Å²) in [5.41, 5.74) is 0. The summed E-state index contributed by atoms with van der Waals surface area (Å²) < 4.78 is 6.23. The van der Waals surface area contributed by atoms with E-state index in [1.165, 1.54) is 30.0 Å². The van der Waals surface area contributed by atoms with E-state index in [4.69, 9.17) is 4.74 Å². The van der Waals surface area contributed by atoms with Crippen LogP contribution >= 0.6 is 0 Å². The predicted molar refractivity (Wildman–Crippen MR) is 84.3 cm³/mol. The molecule has 0 bridgehead atoms. The molecule has 1 aliphatic rings. The standard InChI is InChI=1S/C18H23NO/c1-2-12-19-17-8-5-9-18(17)20-16-11-10-14-6-3-4-7-15(14)13-16/h3-4,6-7,10-11,13,17-19H,2,5,8-9,12H2,1H3. The molecule has 1 N–H and O–H groups in total. The third kappa shape index (κ3) is 2.96. The van der Waals surface area contributed by atoms with Gasteiger partial charge in [0.05, 0.1) is 0 Å². The van der Waals surface area contributed by atoms with E-state index in [-0.39, 0.29) is 0 Å². The average Bonchev–Trinajstić information content (AvgIpc) is 2.92. The summed E-state index contributed by atoms with van der Waals surface area (Å²) in [6.07, 6.45) is 5.16. The van der Waals surface area contributed by atoms with Crippen molar-refractivity contribution in [2.75, 3.05) is 6.54 Å². The predicted octanol–water partition coefficient (Wildman–Crippen LogP) is 4.14. The van der Waals surface area contributed by atoms with Gasteiger partial charge in [-0.15, -0.1) is 0 Å². The first-order chi connectivity index (χ1) is 9.86. The number of rotatable bonds is 5. The van der Waals surface area contributed by atoms with E-state index in [1.54, 1.807) is 0 Å². The fourth-order valence-corrected chi connectivity index (χ4v) is 3.05. The Morgan fingerprint density at radius 1 is 1.10 bits per heavy atom. The topological polar surface area (TPSA) is 21.3 Å². The van der Waals surface area contributed by atoms with Gasteiger partial charge in [0.25, 0.3) is 0 Å². The van der Waals surface area contributed by atoms with Crippen LogP contribution in [0.5, 0.6) is 5.75 Å². The van der Waals surface area contributed by atoms with Crippen LogP contribution in [0.1, 0.15) is 32.6 Å². The molecular formula is C18H23NO. The molecule has 0 saturated heterocycles. The van der Waals surface area contributed by atoms with E-state index < -0.39 is 0 Å². The van der Waals surface area contributed by atoms with Crippen LogP contribution in [-0.2, 0) is 0 Å². The van der Waals surface area contributed by atoms with Gasteiger partial charge in [0.1, 0.15) is 11.9 Å². The Labute approximate surface area is 121 Å². The Bertz CT molecular complexity index is 566. The van der Waals surface area contributed by atoms with E-state index in [0.29, 0.717) is 12.1 Å². The van der Waals surface area contributed by atoms with Crippen LogP contribution in [0.25, 0.3) is 10.8 Å². The molecule has 0 heterocycles. The minimum absolute atomic E-state index is 0.322. The van der Waals surface area contributed by atoms with Gasteiger partial charge in [-0.25, -0.2) is 0 Å². The zero-order valence-electron chi connectivity index (χ0n) is 12.1. The zero-order valence-corrected chi connectivity index (χ0v) is 12.1. The molecule has 2 aromatic carbocycles. The number of hydrogen-bond donors (Lipinski definition) is 1. The summed E-state index contributed by atoms with van der Waals surface area (Å²) in [6.45, 7) is 3.30. The van der Waals surface area contributed by atoms with Gasteiger partial charge in [0.2, 0.25) is 0 Å². The highest BCUT2D eigenvalue weighted by molar-refractivity contribution is 5.83. The van der Waals surface area contributed by atoms with Crippen molar-refractivity contribution in [3.05, 3.63) is 42.5 Å². The fourth-order valence-electron chi connectivity index (χ4n) is 3.05. The highest BCUT2D eigenvalue weighted by Crippen LogP contribution is 2.27. The lowest BCUT2D eigenvalue weighted by Gasteiger charge is -2.22. The summed E-state index contributed by atoms with van der Waals surface area (Å²) in [5, 5.41) is 6.14. The Balaban J connectivity index is 1.71. The summed E-state index contributed by atoms with van der Waals surface area (Å²) in [6, 6.07) is 15.3. The zero-order chi connectivity index (χ0) is 13.8. The average molecular weight is 269 g/mol. The monoisotopic (exact) mass is 269 g/mol. The minimum atomic E-state index is 0.322. The van der Waals surface area contributed by atoms with Crippen molar-refractivity contribution in [1.29, 1.82) is 0 Å². The first-order valence-electron chi connectivity index (χ1n) is 7.75. The number of hydrogen-bond acceptors (Lipinski definition) is 2. The van der Waals surface area contributed by atoms with E-state index in [2.05, 4.69) is 54.7 Å². The molecule has 2 aromatic rings. The molecular weight excluding hydrogens is 246 g/mol. The van der Waals surface area contributed by atoms with Crippen LogP contribution in [0.3, 0.4) is 0 Å². The van der Waals surface area contributed by atoms with E-state index in [1.807, 2.05) is 0 Å². The maximum absolute atomic E-state index is 6.23. The van der Waals surface area contributed by atoms with Gasteiger partial charge in [0, 0.05) is 6.04 Å². The molecule has 1 aliphatic carbocycles. The van der Waals surface area contributed by atoms with Crippen molar-refractivity contribution in [3.8, 4) is 5.75 Å². The molecule has 2 atom stereocenters. The second-order valence-electron chi connectivity index (χ2n) is 5.66. The Kier molecular flexibility index (Phi) is 4.22. The molecule has 1 fully saturated rings. The van der Waals surface area contributed by atoms with Gasteiger partial charge < -0.3 is 10.1 Å². The van der Waals surface area contributed by atoms with Crippen molar-refractivity contribution in [1.82, 2.24) is 5.32 Å². The second-order valence-corrected chi connectivity index (χ2v) is 5.66. The van der Waals surface area contributed by atoms with Crippen LogP contribution in [0.15, 0.2) is 42.5 Å². The van der Waals surface area contributed by atoms with E-state index in [0.717, 1.165) is 18.7 Å². The van der Waals surface area contributed by atoms with Crippen LogP contribution in [-0.4, -0.2) is 18.7 Å². The Morgan fingerprint density at radius 3 is 2.80 bits per heavy atom. The summed E-state index contributed by atoms with van der Waals surface area (Å²) in [7, 11) is 0. The van der Waals surface area contributed by atoms with E-state index in [9.17, 15) is 0 Å². The van der Waals surface area contributed by atoms with Gasteiger partial charge in [-0.2, -0.15) is 0 Å². The molecule has 20 heavy (non-hydrogen) atoms. The molecule has 2 nitrogen and oxygen atoms in total. The minimum Gasteiger partial charge on any atom is -0.489 e. The summed E-state index contributed by atoms with van der Waals surface area (Å²) in [4.78, 5) is 0. The number of benzene rings is 2. The largest absolute Gasteiger partial charge is 0.489 e. The lowest BCUT2D eigenvalue weighted by Crippen LogP contribution is -2.39. The summed E-state index contributed by atoms with van der Waals surface area (Å²) in [5.74, 6) is 0.999. The highest BCUT2D eigenvalue weighted by Gasteiger charge is 2.28. The third-order valence-corrected chi connectivity index (χ3v) is 4.12. The highest BCUT2D eigenvalue weighted by atomic mass is 16.5. The maximum atomic E-state index is 6.23. The lowest BCUT2D eigenvalue weighted by atomic mass is 10.1. The first-order valence-corrected chi connectivity index (χ1v) is 7.75. The first kappa shape index (κ1) is 13.4. The molecule has 0 spiro atoms. The van der Waals surface area contributed by atoms with E-state index >= 15 is 0 Å². The van der Waals surface area contributed by atoms with Crippen molar-refractivity contribution < 1.29 is 4.74 Å². The number of nitrogens with one attached hydrogen (secondary N) is 1. The fraction of sp³-hybridized carbons (Fsp3) is 0.444. The quantitative estimate of drug-likeness (QED) is 0.881. The van der Waals surface area contributed by atoms with Crippen LogP contribution in [0, 0.1) is 0 Å². The normalized spacial score (nSPS) is 22.2. The lowest BCUT2D eigenvalue weighted by molar-refractivity contribution is 0.175. The number of ether oxygens (including phenoxy) is 1. The molecule has 106 valence electrons. The Hall–Kier alpha value is -1.54. The molecule has 0 aromatic heterocycles. The molecule has 1 saturated carbocycles. The van der Waals surface area contributed by atoms with Gasteiger partial charge in [-0.3, -0.25) is 0 Å². The van der Waals surface area contributed by atoms with Crippen molar-refractivity contribution in [3.63, 3.8) is 0 Å². The van der Waals surface area contributed by atoms with Crippen molar-refractivity contribution in [2.24, 2.45) is 0 Å². The van der Waals surface area contributed by atoms with Gasteiger partial charge in [0.15, 0.2) is 0 Å². The van der Waals surface area contributed by atoms with Crippen molar-refractivity contribution in [2.45, 2.75) is 44.8 Å². The van der Waals surface area contributed by atoms with Gasteiger partial charge in [-0.05, 0) is 55.1 Å². The molecule has 0 amide bonds. The number of fused-ring (bicyclic) bond motifs is 1. The second kappa shape index (κ2) is 6.27. The van der Waals surface area contributed by atoms with Crippen LogP contribution < -0.4 is 10.1 Å². The molecule has 2 heteroatoms. The molecule has 3 rings (SSSR count).